The summed E-state index contributed by atoms with van der Waals surface area (Å²) in [5.74, 6) is 0. The van der Waals surface area contributed by atoms with Crippen LogP contribution >= 0.6 is 0 Å². The molecule has 0 spiro atoms. The summed E-state index contributed by atoms with van der Waals surface area (Å²) in [5.41, 5.74) is 1.02. The molecule has 80 valence electrons. The Morgan fingerprint density at radius 1 is 1.50 bits per heavy atom. The van der Waals surface area contributed by atoms with Gasteiger partial charge in [0.05, 0.1) is 18.0 Å². The molecule has 1 rings (SSSR count). The summed E-state index contributed by atoms with van der Waals surface area (Å²) < 4.78 is 5.52. The first kappa shape index (κ1) is 11.2. The van der Waals surface area contributed by atoms with Crippen LogP contribution in [-0.4, -0.2) is 28.1 Å². The lowest BCUT2D eigenvalue weighted by Gasteiger charge is -2.22. The van der Waals surface area contributed by atoms with Crippen LogP contribution in [0.4, 0.5) is 0 Å². The van der Waals surface area contributed by atoms with Crippen LogP contribution in [0.3, 0.4) is 0 Å². The van der Waals surface area contributed by atoms with Gasteiger partial charge in [0.15, 0.2) is 0 Å². The van der Waals surface area contributed by atoms with E-state index in [1.54, 1.807) is 6.20 Å². The van der Waals surface area contributed by atoms with Gasteiger partial charge >= 0.3 is 0 Å². The van der Waals surface area contributed by atoms with E-state index < -0.39 is 0 Å². The maximum atomic E-state index is 5.52. The molecule has 0 aromatic carbocycles. The Balaban J connectivity index is 2.42. The molecule has 0 atom stereocenters. The summed E-state index contributed by atoms with van der Waals surface area (Å²) in [6.07, 6.45) is 3.02. The third-order valence-corrected chi connectivity index (χ3v) is 2.29. The van der Waals surface area contributed by atoms with Gasteiger partial charge in [-0.3, -0.25) is 0 Å². The van der Waals surface area contributed by atoms with Gasteiger partial charge in [0.2, 0.25) is 0 Å². The van der Waals surface area contributed by atoms with Crippen molar-refractivity contribution in [3.05, 3.63) is 11.9 Å². The molecule has 0 aliphatic heterocycles. The molecule has 0 saturated heterocycles. The normalized spacial score (nSPS) is 12.4. The van der Waals surface area contributed by atoms with E-state index in [0.29, 0.717) is 6.10 Å². The molecule has 0 fully saturated rings. The molecule has 0 radical (unpaired) electrons. The topological polar surface area (TPSA) is 50.8 Å². The summed E-state index contributed by atoms with van der Waals surface area (Å²) in [7, 11) is 0. The van der Waals surface area contributed by atoms with Crippen LogP contribution in [0.25, 0.3) is 0 Å². The molecule has 1 heterocycles. The molecule has 0 amide bonds. The minimum atomic E-state index is 0.0297. The second-order valence-corrected chi connectivity index (χ2v) is 4.41. The van der Waals surface area contributed by atoms with Gasteiger partial charge in [0.25, 0.3) is 0 Å². The maximum Gasteiger partial charge on any atom is 0.0881 e. The van der Waals surface area contributed by atoms with Crippen LogP contribution in [0.5, 0.6) is 0 Å². The van der Waals surface area contributed by atoms with Crippen LogP contribution in [0, 0.1) is 0 Å². The van der Waals surface area contributed by atoms with Gasteiger partial charge < -0.3 is 4.74 Å². The van der Waals surface area contributed by atoms with Gasteiger partial charge in [-0.1, -0.05) is 13.8 Å². The maximum absolute atomic E-state index is 5.52. The fraction of sp³-hybridized carbons (Fsp3) is 0.800. The lowest BCUT2D eigenvalue weighted by molar-refractivity contribution is 0.0668. The van der Waals surface area contributed by atoms with Crippen LogP contribution in [0.15, 0.2) is 6.20 Å². The number of ether oxygens (including phenoxy) is 1. The zero-order chi connectivity index (χ0) is 10.6. The minimum Gasteiger partial charge on any atom is -0.379 e. The van der Waals surface area contributed by atoms with Crippen LogP contribution in [0.1, 0.15) is 39.8 Å². The van der Waals surface area contributed by atoms with Gasteiger partial charge in [-0.25, -0.2) is 0 Å². The first-order valence-electron chi connectivity index (χ1n) is 5.00. The molecule has 0 bridgehead atoms. The van der Waals surface area contributed by atoms with E-state index in [1.807, 2.05) is 13.8 Å². The molecule has 0 aliphatic rings. The lowest BCUT2D eigenvalue weighted by atomic mass is 9.86. The van der Waals surface area contributed by atoms with Crippen LogP contribution < -0.4 is 0 Å². The third kappa shape index (κ3) is 3.10. The Labute approximate surface area is 85.0 Å². The van der Waals surface area contributed by atoms with Crippen molar-refractivity contribution < 1.29 is 4.74 Å². The van der Waals surface area contributed by atoms with Gasteiger partial charge in [0, 0.05) is 12.0 Å². The van der Waals surface area contributed by atoms with E-state index in [-0.39, 0.29) is 5.41 Å². The molecule has 4 nitrogen and oxygen atoms in total. The highest BCUT2D eigenvalue weighted by Crippen LogP contribution is 2.24. The molecule has 1 N–H and O–H groups in total. The second-order valence-electron chi connectivity index (χ2n) is 4.41. The highest BCUT2D eigenvalue weighted by Gasteiger charge is 2.23. The Kier molecular flexibility index (Phi) is 3.63. The standard InChI is InChI=1S/C10H19N3O/c1-8(2)14-6-5-10(3,4)9-7-11-13-12-9/h7-8H,5-6H2,1-4H3,(H,11,12,13). The van der Waals surface area contributed by atoms with Gasteiger partial charge in [-0.15, -0.1) is 0 Å². The zero-order valence-electron chi connectivity index (χ0n) is 9.37. The summed E-state index contributed by atoms with van der Waals surface area (Å²) in [5, 5.41) is 10.5. The number of nitrogens with one attached hydrogen (secondary N) is 1. The van der Waals surface area contributed by atoms with Crippen molar-refractivity contribution in [2.45, 2.75) is 45.6 Å². The number of hydrogen-bond acceptors (Lipinski definition) is 3. The minimum absolute atomic E-state index is 0.0297. The van der Waals surface area contributed by atoms with E-state index in [0.717, 1.165) is 18.7 Å². The molecule has 0 saturated carbocycles. The predicted molar refractivity (Wildman–Crippen MR) is 55.1 cm³/mol. The summed E-state index contributed by atoms with van der Waals surface area (Å²) in [6.45, 7) is 9.15. The van der Waals surface area contributed by atoms with E-state index in [1.165, 1.54) is 0 Å². The molecular weight excluding hydrogens is 178 g/mol. The smallest absolute Gasteiger partial charge is 0.0881 e. The first-order valence-corrected chi connectivity index (χ1v) is 5.00. The largest absolute Gasteiger partial charge is 0.379 e. The van der Waals surface area contributed by atoms with Gasteiger partial charge in [-0.2, -0.15) is 15.4 Å². The average Bonchev–Trinajstić information content (AvgIpc) is 2.54. The molecule has 0 aliphatic carbocycles. The average molecular weight is 197 g/mol. The molecule has 1 aromatic rings. The number of H-pyrrole nitrogens is 1. The van der Waals surface area contributed by atoms with E-state index in [4.69, 9.17) is 4.74 Å². The summed E-state index contributed by atoms with van der Waals surface area (Å²) >= 11 is 0. The highest BCUT2D eigenvalue weighted by atomic mass is 16.5. The van der Waals surface area contributed by atoms with Crippen molar-refractivity contribution >= 4 is 0 Å². The van der Waals surface area contributed by atoms with Crippen molar-refractivity contribution in [3.8, 4) is 0 Å². The molecule has 0 unspecified atom stereocenters. The Morgan fingerprint density at radius 2 is 2.21 bits per heavy atom. The van der Waals surface area contributed by atoms with Gasteiger partial charge in [0.1, 0.15) is 0 Å². The number of aromatic nitrogens is 3. The number of rotatable bonds is 5. The van der Waals surface area contributed by atoms with Crippen molar-refractivity contribution in [3.63, 3.8) is 0 Å². The summed E-state index contributed by atoms with van der Waals surface area (Å²) in [6, 6.07) is 0. The highest BCUT2D eigenvalue weighted by molar-refractivity contribution is 5.07. The monoisotopic (exact) mass is 197 g/mol. The quantitative estimate of drug-likeness (QED) is 0.784. The van der Waals surface area contributed by atoms with Crippen molar-refractivity contribution in [2.75, 3.05) is 6.61 Å². The summed E-state index contributed by atoms with van der Waals surface area (Å²) in [4.78, 5) is 0. The molecular formula is C10H19N3O. The van der Waals surface area contributed by atoms with E-state index >= 15 is 0 Å². The second kappa shape index (κ2) is 4.55. The number of hydrogen-bond donors (Lipinski definition) is 1. The Morgan fingerprint density at radius 3 is 2.71 bits per heavy atom. The van der Waals surface area contributed by atoms with Gasteiger partial charge in [-0.05, 0) is 20.3 Å². The lowest BCUT2D eigenvalue weighted by Crippen LogP contribution is -2.21. The van der Waals surface area contributed by atoms with Crippen molar-refractivity contribution in [2.24, 2.45) is 0 Å². The number of aromatic amines is 1. The third-order valence-electron chi connectivity index (χ3n) is 2.29. The van der Waals surface area contributed by atoms with Crippen LogP contribution in [-0.2, 0) is 10.2 Å². The van der Waals surface area contributed by atoms with Crippen LogP contribution in [0.2, 0.25) is 0 Å². The molecule has 4 heteroatoms. The fourth-order valence-electron chi connectivity index (χ4n) is 1.21. The Hall–Kier alpha value is -0.900. The predicted octanol–water partition coefficient (Wildman–Crippen LogP) is 1.90. The SMILES string of the molecule is CC(C)OCCC(C)(C)c1cn[nH]n1. The zero-order valence-corrected chi connectivity index (χ0v) is 9.37. The van der Waals surface area contributed by atoms with E-state index in [9.17, 15) is 0 Å². The van der Waals surface area contributed by atoms with E-state index in [2.05, 4.69) is 29.3 Å². The fourth-order valence-corrected chi connectivity index (χ4v) is 1.21. The number of nitrogens with zero attached hydrogens (tertiary/aromatic N) is 2. The molecule has 1 aromatic heterocycles. The molecule has 14 heavy (non-hydrogen) atoms. The Bertz CT molecular complexity index is 254. The first-order chi connectivity index (χ1) is 6.52. The van der Waals surface area contributed by atoms with Crippen molar-refractivity contribution in [1.29, 1.82) is 0 Å². The van der Waals surface area contributed by atoms with Crippen molar-refractivity contribution in [1.82, 2.24) is 15.4 Å².